The summed E-state index contributed by atoms with van der Waals surface area (Å²) in [5.41, 5.74) is 1.66. The topological polar surface area (TPSA) is 48.6 Å². The number of benzene rings is 1. The number of hydrogen-bond donors (Lipinski definition) is 1. The Bertz CT molecular complexity index is 552. The molecule has 0 unspecified atom stereocenters. The molecule has 2 aromatic rings. The van der Waals surface area contributed by atoms with Gasteiger partial charge in [-0.3, -0.25) is 4.79 Å². The van der Waals surface area contributed by atoms with Crippen LogP contribution in [0.1, 0.15) is 10.5 Å². The van der Waals surface area contributed by atoms with Crippen molar-refractivity contribution < 1.29 is 9.63 Å². The monoisotopic (exact) mass is 259 g/mol. The Morgan fingerprint density at radius 2 is 1.95 bits per heavy atom. The highest BCUT2D eigenvalue weighted by atomic mass is 16.7. The number of hydroxylamine groups is 2. The third kappa shape index (κ3) is 2.34. The van der Waals surface area contributed by atoms with Gasteiger partial charge < -0.3 is 14.7 Å². The lowest BCUT2D eigenvalue weighted by molar-refractivity contribution is -0.147. The average Bonchev–Trinajstić information content (AvgIpc) is 2.90. The van der Waals surface area contributed by atoms with Crippen molar-refractivity contribution in [3.8, 4) is 0 Å². The Kier molecular flexibility index (Phi) is 3.23. The number of aromatic amines is 1. The number of rotatable bonds is 2. The third-order valence-electron chi connectivity index (χ3n) is 3.54. The molecule has 3 rings (SSSR count). The van der Waals surface area contributed by atoms with Crippen LogP contribution in [-0.2, 0) is 4.84 Å². The minimum Gasteiger partial charge on any atom is -0.351 e. The number of para-hydroxylation sites is 1. The Morgan fingerprint density at radius 1 is 1.21 bits per heavy atom. The van der Waals surface area contributed by atoms with Crippen molar-refractivity contribution in [2.75, 3.05) is 33.3 Å². The zero-order chi connectivity index (χ0) is 13.2. The number of piperazine rings is 1. The highest BCUT2D eigenvalue weighted by Crippen LogP contribution is 2.16. The molecular weight excluding hydrogens is 242 g/mol. The molecule has 0 spiro atoms. The first-order valence-electron chi connectivity index (χ1n) is 6.44. The van der Waals surface area contributed by atoms with E-state index < -0.39 is 0 Å². The van der Waals surface area contributed by atoms with Crippen LogP contribution in [0.2, 0.25) is 0 Å². The second kappa shape index (κ2) is 5.03. The van der Waals surface area contributed by atoms with Crippen molar-refractivity contribution in [2.24, 2.45) is 0 Å². The van der Waals surface area contributed by atoms with Gasteiger partial charge in [-0.05, 0) is 12.1 Å². The van der Waals surface area contributed by atoms with Gasteiger partial charge in [0.2, 0.25) is 0 Å². The van der Waals surface area contributed by atoms with Gasteiger partial charge in [-0.1, -0.05) is 18.2 Å². The number of amides is 1. The Labute approximate surface area is 111 Å². The van der Waals surface area contributed by atoms with Gasteiger partial charge in [0, 0.05) is 37.1 Å². The van der Waals surface area contributed by atoms with Crippen LogP contribution in [-0.4, -0.2) is 54.1 Å². The molecule has 2 heterocycles. The smallest absolute Gasteiger partial charge is 0.270 e. The second-order valence-corrected chi connectivity index (χ2v) is 4.67. The van der Waals surface area contributed by atoms with E-state index in [1.807, 2.05) is 40.3 Å². The lowest BCUT2D eigenvalue weighted by Gasteiger charge is -2.32. The van der Waals surface area contributed by atoms with E-state index in [1.165, 1.54) is 0 Å². The second-order valence-electron chi connectivity index (χ2n) is 4.67. The zero-order valence-corrected chi connectivity index (χ0v) is 10.9. The molecule has 1 saturated heterocycles. The van der Waals surface area contributed by atoms with Crippen LogP contribution in [0.4, 0.5) is 0 Å². The molecule has 1 amide bonds. The summed E-state index contributed by atoms with van der Waals surface area (Å²) in [6, 6.07) is 9.84. The minimum absolute atomic E-state index is 0.0620. The lowest BCUT2D eigenvalue weighted by Crippen LogP contribution is -2.48. The van der Waals surface area contributed by atoms with E-state index in [0.717, 1.165) is 24.0 Å². The average molecular weight is 259 g/mol. The summed E-state index contributed by atoms with van der Waals surface area (Å²) in [6.45, 7) is 2.90. The van der Waals surface area contributed by atoms with Crippen LogP contribution >= 0.6 is 0 Å². The Balaban J connectivity index is 1.77. The van der Waals surface area contributed by atoms with Crippen molar-refractivity contribution in [3.05, 3.63) is 36.0 Å². The van der Waals surface area contributed by atoms with Crippen molar-refractivity contribution >= 4 is 16.8 Å². The Hall–Kier alpha value is -1.85. The molecule has 19 heavy (non-hydrogen) atoms. The number of nitrogens with one attached hydrogen (secondary N) is 1. The molecule has 1 aromatic heterocycles. The minimum atomic E-state index is 0.0620. The molecule has 1 aromatic carbocycles. The van der Waals surface area contributed by atoms with Gasteiger partial charge in [0.25, 0.3) is 5.91 Å². The van der Waals surface area contributed by atoms with Crippen LogP contribution in [0.25, 0.3) is 10.9 Å². The molecular formula is C14H17N3O2. The van der Waals surface area contributed by atoms with Gasteiger partial charge in [-0.25, -0.2) is 0 Å². The fourth-order valence-corrected chi connectivity index (χ4v) is 2.43. The number of carbonyl (C=O) groups excluding carboxylic acids is 1. The van der Waals surface area contributed by atoms with E-state index >= 15 is 0 Å². The fraction of sp³-hybridized carbons (Fsp3) is 0.357. The number of aromatic nitrogens is 1. The summed E-state index contributed by atoms with van der Waals surface area (Å²) in [7, 11) is 1.66. The third-order valence-corrected chi connectivity index (χ3v) is 3.54. The largest absolute Gasteiger partial charge is 0.351 e. The first-order chi connectivity index (χ1) is 9.28. The van der Waals surface area contributed by atoms with E-state index in [1.54, 1.807) is 7.11 Å². The molecule has 1 fully saturated rings. The van der Waals surface area contributed by atoms with Crippen molar-refractivity contribution in [1.82, 2.24) is 14.9 Å². The van der Waals surface area contributed by atoms with Crippen molar-refractivity contribution in [2.45, 2.75) is 0 Å². The fourth-order valence-electron chi connectivity index (χ4n) is 2.43. The maximum absolute atomic E-state index is 12.4. The molecule has 1 N–H and O–H groups in total. The molecule has 5 nitrogen and oxygen atoms in total. The predicted octanol–water partition coefficient (Wildman–Crippen LogP) is 1.49. The summed E-state index contributed by atoms with van der Waals surface area (Å²) in [5, 5.41) is 2.94. The van der Waals surface area contributed by atoms with Gasteiger partial charge in [0.15, 0.2) is 0 Å². The molecule has 100 valence electrons. The van der Waals surface area contributed by atoms with Crippen LogP contribution < -0.4 is 0 Å². The highest BCUT2D eigenvalue weighted by Gasteiger charge is 2.23. The summed E-state index contributed by atoms with van der Waals surface area (Å²) in [4.78, 5) is 22.6. The van der Waals surface area contributed by atoms with E-state index in [-0.39, 0.29) is 5.91 Å². The van der Waals surface area contributed by atoms with E-state index in [9.17, 15) is 4.79 Å². The number of hydrogen-bond acceptors (Lipinski definition) is 3. The van der Waals surface area contributed by atoms with E-state index in [0.29, 0.717) is 18.8 Å². The summed E-state index contributed by atoms with van der Waals surface area (Å²) < 4.78 is 0. The first-order valence-corrected chi connectivity index (χ1v) is 6.44. The lowest BCUT2D eigenvalue weighted by atomic mass is 10.2. The molecule has 1 aliphatic rings. The van der Waals surface area contributed by atoms with Gasteiger partial charge in [-0.15, -0.1) is 0 Å². The number of H-pyrrole nitrogens is 1. The maximum atomic E-state index is 12.4. The van der Waals surface area contributed by atoms with E-state index in [4.69, 9.17) is 4.84 Å². The van der Waals surface area contributed by atoms with Crippen LogP contribution in [0, 0.1) is 0 Å². The summed E-state index contributed by atoms with van der Waals surface area (Å²) in [5.74, 6) is 0.0620. The van der Waals surface area contributed by atoms with Crippen molar-refractivity contribution in [3.63, 3.8) is 0 Å². The molecule has 1 aliphatic heterocycles. The molecule has 0 bridgehead atoms. The standard InChI is InChI=1S/C14H17N3O2/c1-19-17-8-6-16(7-9-17)14(18)13-10-11-4-2-3-5-12(11)15-13/h2-5,10,15H,6-9H2,1H3. The number of fused-ring (bicyclic) bond motifs is 1. The highest BCUT2D eigenvalue weighted by molar-refractivity contribution is 5.98. The molecule has 0 radical (unpaired) electrons. The van der Waals surface area contributed by atoms with Gasteiger partial charge in [0.1, 0.15) is 5.69 Å². The predicted molar refractivity (Wildman–Crippen MR) is 72.8 cm³/mol. The maximum Gasteiger partial charge on any atom is 0.270 e. The van der Waals surface area contributed by atoms with Crippen LogP contribution in [0.15, 0.2) is 30.3 Å². The molecule has 0 atom stereocenters. The first kappa shape index (κ1) is 12.2. The molecule has 0 saturated carbocycles. The SMILES string of the molecule is CON1CCN(C(=O)c2cc3ccccc3[nH]2)CC1. The molecule has 5 heteroatoms. The number of nitrogens with zero attached hydrogens (tertiary/aromatic N) is 2. The summed E-state index contributed by atoms with van der Waals surface area (Å²) >= 11 is 0. The van der Waals surface area contributed by atoms with E-state index in [2.05, 4.69) is 4.98 Å². The normalized spacial score (nSPS) is 17.0. The van der Waals surface area contributed by atoms with Crippen LogP contribution in [0.3, 0.4) is 0 Å². The van der Waals surface area contributed by atoms with Gasteiger partial charge in [0.05, 0.1) is 7.11 Å². The summed E-state index contributed by atoms with van der Waals surface area (Å²) in [6.07, 6.45) is 0. The quantitative estimate of drug-likeness (QED) is 0.889. The number of carbonyl (C=O) groups is 1. The van der Waals surface area contributed by atoms with Crippen molar-refractivity contribution in [1.29, 1.82) is 0 Å². The Morgan fingerprint density at radius 3 is 2.63 bits per heavy atom. The van der Waals surface area contributed by atoms with Gasteiger partial charge >= 0.3 is 0 Å². The zero-order valence-electron chi connectivity index (χ0n) is 10.9. The van der Waals surface area contributed by atoms with Gasteiger partial charge in [-0.2, -0.15) is 5.06 Å². The van der Waals surface area contributed by atoms with Crippen LogP contribution in [0.5, 0.6) is 0 Å². The molecule has 0 aliphatic carbocycles.